The van der Waals surface area contributed by atoms with E-state index < -0.39 is 5.95 Å². The SMILES string of the molecule is CCn1c(=O)c(-c2ccc(-c3ccc(C)nc3F)cc2Cl)cc2cnc(Nc3ccc(CCN(C)C)cc3)nc21. The van der Waals surface area contributed by atoms with Gasteiger partial charge in [0, 0.05) is 57.8 Å². The first kappa shape index (κ1) is 27.4. The summed E-state index contributed by atoms with van der Waals surface area (Å²) < 4.78 is 16.1. The Labute approximate surface area is 237 Å². The van der Waals surface area contributed by atoms with Gasteiger partial charge in [-0.05, 0) is 81.9 Å². The van der Waals surface area contributed by atoms with Crippen LogP contribution in [0.25, 0.3) is 33.3 Å². The van der Waals surface area contributed by atoms with E-state index in [0.717, 1.165) is 18.7 Å². The van der Waals surface area contributed by atoms with E-state index in [-0.39, 0.29) is 5.56 Å². The number of hydrogen-bond donors (Lipinski definition) is 1. The molecule has 0 unspecified atom stereocenters. The van der Waals surface area contributed by atoms with Crippen LogP contribution >= 0.6 is 11.6 Å². The van der Waals surface area contributed by atoms with Crippen LogP contribution in [-0.4, -0.2) is 45.1 Å². The number of hydrogen-bond acceptors (Lipinski definition) is 6. The molecular weight excluding hydrogens is 527 g/mol. The van der Waals surface area contributed by atoms with Gasteiger partial charge in [-0.3, -0.25) is 9.36 Å². The van der Waals surface area contributed by atoms with Gasteiger partial charge < -0.3 is 10.2 Å². The lowest BCUT2D eigenvalue weighted by atomic mass is 10.0. The maximum atomic E-state index is 14.4. The van der Waals surface area contributed by atoms with E-state index >= 15 is 0 Å². The number of pyridine rings is 2. The van der Waals surface area contributed by atoms with Crippen LogP contribution in [0.3, 0.4) is 0 Å². The number of aromatic nitrogens is 4. The number of anilines is 2. The lowest BCUT2D eigenvalue weighted by Gasteiger charge is -2.14. The lowest BCUT2D eigenvalue weighted by Crippen LogP contribution is -2.22. The minimum atomic E-state index is -0.565. The number of halogens is 2. The molecule has 0 aliphatic carbocycles. The van der Waals surface area contributed by atoms with Crippen LogP contribution < -0.4 is 10.9 Å². The Kier molecular flexibility index (Phi) is 7.91. The van der Waals surface area contributed by atoms with Gasteiger partial charge in [0.2, 0.25) is 11.9 Å². The second-order valence-electron chi connectivity index (χ2n) is 9.94. The minimum Gasteiger partial charge on any atom is -0.324 e. The predicted octanol–water partition coefficient (Wildman–Crippen LogP) is 6.49. The fourth-order valence-electron chi connectivity index (χ4n) is 4.58. The second-order valence-corrected chi connectivity index (χ2v) is 10.3. The first-order valence-corrected chi connectivity index (χ1v) is 13.5. The zero-order valence-electron chi connectivity index (χ0n) is 22.9. The molecule has 9 heteroatoms. The van der Waals surface area contributed by atoms with Crippen molar-refractivity contribution < 1.29 is 4.39 Å². The molecule has 204 valence electrons. The highest BCUT2D eigenvalue weighted by molar-refractivity contribution is 6.33. The molecule has 3 heterocycles. The van der Waals surface area contributed by atoms with E-state index in [9.17, 15) is 9.18 Å². The Morgan fingerprint density at radius 3 is 2.40 bits per heavy atom. The molecule has 1 N–H and O–H groups in total. The molecule has 0 fully saturated rings. The average Bonchev–Trinajstić information content (AvgIpc) is 2.92. The Bertz CT molecular complexity index is 1750. The largest absolute Gasteiger partial charge is 0.324 e. The Morgan fingerprint density at radius 1 is 0.975 bits per heavy atom. The maximum absolute atomic E-state index is 14.4. The standard InChI is InChI=1S/C31H30ClFN6O/c1-5-39-29-22(18-34-31(37-29)36-23-10-7-20(8-11-23)14-15-38(3)4)16-26(30(39)40)25-13-9-21(17-27(25)32)24-12-6-19(2)35-28(24)33/h6-13,16-18H,5,14-15H2,1-4H3,(H,34,36,37). The number of nitrogens with zero attached hydrogens (tertiary/aromatic N) is 5. The van der Waals surface area contributed by atoms with Crippen LogP contribution in [0.1, 0.15) is 18.2 Å². The van der Waals surface area contributed by atoms with Crippen molar-refractivity contribution in [2.75, 3.05) is 26.0 Å². The molecule has 0 spiro atoms. The molecule has 3 aromatic heterocycles. The van der Waals surface area contributed by atoms with Gasteiger partial charge in [-0.25, -0.2) is 9.97 Å². The average molecular weight is 557 g/mol. The monoisotopic (exact) mass is 556 g/mol. The smallest absolute Gasteiger partial charge is 0.260 e. The fourth-order valence-corrected chi connectivity index (χ4v) is 4.87. The van der Waals surface area contributed by atoms with Gasteiger partial charge in [-0.15, -0.1) is 0 Å². The van der Waals surface area contributed by atoms with Crippen LogP contribution in [0.5, 0.6) is 0 Å². The zero-order chi connectivity index (χ0) is 28.4. The minimum absolute atomic E-state index is 0.220. The van der Waals surface area contributed by atoms with E-state index in [1.165, 1.54) is 5.56 Å². The molecule has 0 saturated heterocycles. The van der Waals surface area contributed by atoms with Crippen molar-refractivity contribution in [2.45, 2.75) is 26.8 Å². The quantitative estimate of drug-likeness (QED) is 0.220. The molecule has 2 aromatic carbocycles. The van der Waals surface area contributed by atoms with Crippen molar-refractivity contribution in [3.05, 3.63) is 99.4 Å². The first-order valence-electron chi connectivity index (χ1n) is 13.1. The van der Waals surface area contributed by atoms with Gasteiger partial charge in [0.15, 0.2) is 0 Å². The molecule has 0 saturated carbocycles. The van der Waals surface area contributed by atoms with Crippen molar-refractivity contribution in [3.8, 4) is 22.3 Å². The highest BCUT2D eigenvalue weighted by Gasteiger charge is 2.16. The molecule has 0 radical (unpaired) electrons. The third-order valence-electron chi connectivity index (χ3n) is 6.76. The normalized spacial score (nSPS) is 11.4. The Hall–Kier alpha value is -4.14. The van der Waals surface area contributed by atoms with E-state index in [4.69, 9.17) is 11.6 Å². The molecule has 0 atom stereocenters. The van der Waals surface area contributed by atoms with Crippen LogP contribution in [-0.2, 0) is 13.0 Å². The molecule has 5 aromatic rings. The van der Waals surface area contributed by atoms with Crippen molar-refractivity contribution in [1.82, 2.24) is 24.4 Å². The Balaban J connectivity index is 1.46. The molecule has 0 amide bonds. The first-order chi connectivity index (χ1) is 19.2. The third-order valence-corrected chi connectivity index (χ3v) is 7.07. The van der Waals surface area contributed by atoms with E-state index in [1.807, 2.05) is 19.1 Å². The molecule has 5 rings (SSSR count). The van der Waals surface area contributed by atoms with Gasteiger partial charge in [0.1, 0.15) is 5.65 Å². The summed E-state index contributed by atoms with van der Waals surface area (Å²) in [6.07, 6.45) is 2.67. The Morgan fingerprint density at radius 2 is 1.73 bits per heavy atom. The third kappa shape index (κ3) is 5.73. The number of nitrogens with one attached hydrogen (secondary N) is 1. The topological polar surface area (TPSA) is 75.9 Å². The van der Waals surface area contributed by atoms with Crippen molar-refractivity contribution >= 4 is 34.3 Å². The highest BCUT2D eigenvalue weighted by atomic mass is 35.5. The van der Waals surface area contributed by atoms with Gasteiger partial charge in [0.25, 0.3) is 5.56 Å². The van der Waals surface area contributed by atoms with Crippen LogP contribution in [0.15, 0.2) is 71.7 Å². The van der Waals surface area contributed by atoms with E-state index in [1.54, 1.807) is 54.1 Å². The van der Waals surface area contributed by atoms with Gasteiger partial charge >= 0.3 is 0 Å². The lowest BCUT2D eigenvalue weighted by molar-refractivity contribution is 0.413. The zero-order valence-corrected chi connectivity index (χ0v) is 23.6. The van der Waals surface area contributed by atoms with E-state index in [0.29, 0.717) is 56.5 Å². The number of aryl methyl sites for hydroxylation is 2. The van der Waals surface area contributed by atoms with Crippen molar-refractivity contribution in [2.24, 2.45) is 0 Å². The van der Waals surface area contributed by atoms with Crippen LogP contribution in [0, 0.1) is 12.9 Å². The number of fused-ring (bicyclic) bond motifs is 1. The molecule has 0 bridgehead atoms. The summed E-state index contributed by atoms with van der Waals surface area (Å²) in [5.41, 5.74) is 4.91. The molecule has 40 heavy (non-hydrogen) atoms. The van der Waals surface area contributed by atoms with Gasteiger partial charge in [-0.2, -0.15) is 9.37 Å². The molecule has 0 aliphatic rings. The summed E-state index contributed by atoms with van der Waals surface area (Å²) in [7, 11) is 4.12. The number of rotatable bonds is 8. The summed E-state index contributed by atoms with van der Waals surface area (Å²) >= 11 is 6.64. The summed E-state index contributed by atoms with van der Waals surface area (Å²) in [5.74, 6) is -0.163. The summed E-state index contributed by atoms with van der Waals surface area (Å²) in [6, 6.07) is 18.5. The van der Waals surface area contributed by atoms with Gasteiger partial charge in [-0.1, -0.05) is 35.9 Å². The number of benzene rings is 2. The number of likely N-dealkylation sites (N-methyl/N-ethyl adjacent to an activating group) is 1. The summed E-state index contributed by atoms with van der Waals surface area (Å²) in [4.78, 5) is 28.8. The maximum Gasteiger partial charge on any atom is 0.260 e. The second kappa shape index (κ2) is 11.5. The predicted molar refractivity (Wildman–Crippen MR) is 160 cm³/mol. The van der Waals surface area contributed by atoms with Crippen molar-refractivity contribution in [3.63, 3.8) is 0 Å². The molecular formula is C31H30ClFN6O. The van der Waals surface area contributed by atoms with Gasteiger partial charge in [0.05, 0.1) is 0 Å². The molecule has 7 nitrogen and oxygen atoms in total. The van der Waals surface area contributed by atoms with Crippen LogP contribution in [0.2, 0.25) is 5.02 Å². The molecule has 0 aliphatic heterocycles. The fraction of sp³-hybridized carbons (Fsp3) is 0.226. The van der Waals surface area contributed by atoms with Crippen LogP contribution in [0.4, 0.5) is 16.0 Å². The van der Waals surface area contributed by atoms with E-state index in [2.05, 4.69) is 51.4 Å². The highest BCUT2D eigenvalue weighted by Crippen LogP contribution is 2.33. The summed E-state index contributed by atoms with van der Waals surface area (Å²) in [6.45, 7) is 5.02. The van der Waals surface area contributed by atoms with Crippen molar-refractivity contribution in [1.29, 1.82) is 0 Å². The summed E-state index contributed by atoms with van der Waals surface area (Å²) in [5, 5.41) is 4.28.